The minimum Gasteiger partial charge on any atom is -0.344 e. The van der Waals surface area contributed by atoms with E-state index in [9.17, 15) is 9.13 Å². The van der Waals surface area contributed by atoms with Gasteiger partial charge in [0.05, 0.1) is 6.61 Å². The topological polar surface area (TPSA) is 83.8 Å². The quantitative estimate of drug-likeness (QED) is 0.762. The molecule has 0 spiro atoms. The highest BCUT2D eigenvalue weighted by Gasteiger charge is 2.28. The van der Waals surface area contributed by atoms with Crippen LogP contribution in [0.2, 0.25) is 0 Å². The van der Waals surface area contributed by atoms with Gasteiger partial charge in [0.25, 0.3) is 0 Å². The highest BCUT2D eigenvalue weighted by atomic mass is 31.2. The molecule has 0 aliphatic carbocycles. The number of hydrogen-bond donors (Lipinski definition) is 2. The molecule has 2 atom stereocenters. The maximum Gasteiger partial charge on any atom is 0.325 e. The molecule has 112 valence electrons. The van der Waals surface area contributed by atoms with Gasteiger partial charge in [-0.25, -0.2) is 0 Å². The molecular weight excluding hydrogens is 274 g/mol. The zero-order valence-electron chi connectivity index (χ0n) is 12.7. The second-order valence-corrected chi connectivity index (χ2v) is 11.7. The van der Waals surface area contributed by atoms with Gasteiger partial charge in [0.2, 0.25) is 7.37 Å². The highest BCUT2D eigenvalue weighted by Crippen LogP contribution is 2.49. The van der Waals surface area contributed by atoms with Crippen LogP contribution >= 0.6 is 15.0 Å². The van der Waals surface area contributed by atoms with E-state index in [1.54, 1.807) is 20.8 Å². The van der Waals surface area contributed by atoms with Gasteiger partial charge in [-0.1, -0.05) is 41.5 Å². The summed E-state index contributed by atoms with van der Waals surface area (Å²) < 4.78 is 26.1. The Kier molecular flexibility index (Phi) is 7.66. The average Bonchev–Trinajstić information content (AvgIpc) is 1.95. The molecule has 0 amide bonds. The first-order valence-corrected chi connectivity index (χ1v) is 9.84. The predicted octanol–water partition coefficient (Wildman–Crippen LogP) is 3.55. The molecule has 0 aliphatic rings. The molecule has 0 saturated carbocycles. The number of hydrogen-bond acceptors (Lipinski definition) is 3. The van der Waals surface area contributed by atoms with E-state index < -0.39 is 20.1 Å². The van der Waals surface area contributed by atoms with Crippen molar-refractivity contribution < 1.29 is 23.4 Å². The van der Waals surface area contributed by atoms with Crippen LogP contribution in [0.3, 0.4) is 0 Å². The third-order valence-corrected chi connectivity index (χ3v) is 5.08. The van der Waals surface area contributed by atoms with Crippen molar-refractivity contribution in [3.05, 3.63) is 0 Å². The Morgan fingerprint density at radius 3 is 1.28 bits per heavy atom. The van der Waals surface area contributed by atoms with Crippen molar-refractivity contribution in [3.8, 4) is 0 Å². The van der Waals surface area contributed by atoms with E-state index in [0.29, 0.717) is 6.61 Å². The minimum absolute atomic E-state index is 0.0472. The van der Waals surface area contributed by atoms with Crippen LogP contribution in [0.15, 0.2) is 0 Å². The Hall–Kier alpha value is 0.340. The van der Waals surface area contributed by atoms with Gasteiger partial charge in [0, 0.05) is 18.5 Å². The molecular formula is C11H28O5P2. The maximum atomic E-state index is 10.8. The summed E-state index contributed by atoms with van der Waals surface area (Å²) in [6, 6.07) is 0. The molecule has 5 nitrogen and oxygen atoms in total. The molecule has 2 unspecified atom stereocenters. The molecule has 0 rings (SSSR count). The van der Waals surface area contributed by atoms with E-state index in [0.717, 1.165) is 0 Å². The molecule has 0 radical (unpaired) electrons. The maximum absolute atomic E-state index is 10.8. The lowest BCUT2D eigenvalue weighted by atomic mass is 9.99. The summed E-state index contributed by atoms with van der Waals surface area (Å²) in [5, 5.41) is -0.451. The monoisotopic (exact) mass is 302 g/mol. The van der Waals surface area contributed by atoms with Gasteiger partial charge in [-0.15, -0.1) is 0 Å². The average molecular weight is 302 g/mol. The van der Waals surface area contributed by atoms with Crippen molar-refractivity contribution in [1.29, 1.82) is 0 Å². The molecule has 0 fully saturated rings. The lowest BCUT2D eigenvalue weighted by molar-refractivity contribution is 0.177. The van der Waals surface area contributed by atoms with Crippen LogP contribution in [-0.4, -0.2) is 34.9 Å². The smallest absolute Gasteiger partial charge is 0.325 e. The Bertz CT molecular complexity index is 326. The van der Waals surface area contributed by atoms with Crippen LogP contribution in [0, 0.1) is 5.41 Å². The molecule has 0 aliphatic heterocycles. The normalized spacial score (nSPS) is 19.2. The fraction of sp³-hybridized carbons (Fsp3) is 1.00. The fourth-order valence-corrected chi connectivity index (χ4v) is 0.940. The zero-order chi connectivity index (χ0) is 15.4. The molecule has 0 bridgehead atoms. The van der Waals surface area contributed by atoms with Crippen LogP contribution in [0.1, 0.15) is 41.5 Å². The molecule has 0 aromatic heterocycles. The van der Waals surface area contributed by atoms with Crippen molar-refractivity contribution in [2.75, 3.05) is 19.9 Å². The molecule has 0 heterocycles. The first kappa shape index (κ1) is 20.7. The van der Waals surface area contributed by atoms with Gasteiger partial charge in [-0.05, 0) is 5.41 Å². The summed E-state index contributed by atoms with van der Waals surface area (Å²) >= 11 is 0. The van der Waals surface area contributed by atoms with Crippen LogP contribution in [-0.2, 0) is 13.7 Å². The Morgan fingerprint density at radius 2 is 1.22 bits per heavy atom. The van der Waals surface area contributed by atoms with Crippen molar-refractivity contribution in [2.24, 2.45) is 5.41 Å². The van der Waals surface area contributed by atoms with E-state index in [2.05, 4.69) is 0 Å². The van der Waals surface area contributed by atoms with Crippen molar-refractivity contribution in [3.63, 3.8) is 0 Å². The van der Waals surface area contributed by atoms with Crippen LogP contribution < -0.4 is 0 Å². The van der Waals surface area contributed by atoms with Crippen LogP contribution in [0.25, 0.3) is 0 Å². The van der Waals surface area contributed by atoms with Gasteiger partial charge in [-0.3, -0.25) is 9.13 Å². The SMILES string of the molecule is CC(C)(C)COP(C)(=O)O.CC(C)(C)P(C)(=O)O. The predicted molar refractivity (Wildman–Crippen MR) is 76.7 cm³/mol. The second kappa shape index (κ2) is 6.67. The third kappa shape index (κ3) is 14.4. The summed E-state index contributed by atoms with van der Waals surface area (Å²) in [5.74, 6) is 0. The standard InChI is InChI=1S/C6H15O3P.C5H13O2P/c1-6(2,3)5-9-10(4,7)8;1-5(2,3)8(4,6)7/h5H2,1-4H3,(H,7,8);1-4H3,(H,6,7). The largest absolute Gasteiger partial charge is 0.344 e. The number of rotatable bonds is 2. The van der Waals surface area contributed by atoms with Crippen molar-refractivity contribution >= 4 is 15.0 Å². The lowest BCUT2D eigenvalue weighted by Gasteiger charge is -2.21. The van der Waals surface area contributed by atoms with Gasteiger partial charge < -0.3 is 14.3 Å². The first-order valence-electron chi connectivity index (χ1n) is 5.71. The van der Waals surface area contributed by atoms with E-state index in [1.807, 2.05) is 20.8 Å². The van der Waals surface area contributed by atoms with E-state index in [4.69, 9.17) is 14.3 Å². The first-order chi connectivity index (χ1) is 7.46. The van der Waals surface area contributed by atoms with Gasteiger partial charge >= 0.3 is 7.60 Å². The summed E-state index contributed by atoms with van der Waals surface area (Å²) in [5.41, 5.74) is -0.0472. The van der Waals surface area contributed by atoms with Gasteiger partial charge in [-0.2, -0.15) is 0 Å². The fourth-order valence-electron chi connectivity index (χ4n) is 0.313. The molecule has 0 saturated heterocycles. The molecule has 18 heavy (non-hydrogen) atoms. The molecule has 2 N–H and O–H groups in total. The summed E-state index contributed by atoms with van der Waals surface area (Å²) in [6.45, 7) is 14.0. The minimum atomic E-state index is -3.26. The zero-order valence-corrected chi connectivity index (χ0v) is 14.5. The van der Waals surface area contributed by atoms with E-state index >= 15 is 0 Å². The Morgan fingerprint density at radius 1 is 0.944 bits per heavy atom. The van der Waals surface area contributed by atoms with Gasteiger partial charge in [0.1, 0.15) is 0 Å². The summed E-state index contributed by atoms with van der Waals surface area (Å²) in [4.78, 5) is 17.6. The van der Waals surface area contributed by atoms with Crippen LogP contribution in [0.5, 0.6) is 0 Å². The van der Waals surface area contributed by atoms with Crippen molar-refractivity contribution in [2.45, 2.75) is 46.7 Å². The van der Waals surface area contributed by atoms with E-state index in [1.165, 1.54) is 13.3 Å². The lowest BCUT2D eigenvalue weighted by Crippen LogP contribution is -2.13. The molecule has 7 heteroatoms. The third-order valence-electron chi connectivity index (χ3n) is 1.98. The Balaban J connectivity index is 0. The second-order valence-electron chi connectivity index (χ2n) is 6.69. The Labute approximate surface area is 111 Å². The molecule has 0 aromatic rings. The highest BCUT2D eigenvalue weighted by molar-refractivity contribution is 7.58. The van der Waals surface area contributed by atoms with Crippen molar-refractivity contribution in [1.82, 2.24) is 0 Å². The van der Waals surface area contributed by atoms with Gasteiger partial charge in [0.15, 0.2) is 0 Å². The molecule has 0 aromatic carbocycles. The summed E-state index contributed by atoms with van der Waals surface area (Å²) in [7, 11) is -6.11. The van der Waals surface area contributed by atoms with E-state index in [-0.39, 0.29) is 5.41 Å². The summed E-state index contributed by atoms with van der Waals surface area (Å²) in [6.07, 6.45) is 0. The van der Waals surface area contributed by atoms with Crippen LogP contribution in [0.4, 0.5) is 0 Å².